The number of nitrogens with zero attached hydrogens (tertiary/aromatic N) is 5. The molecule has 0 spiro atoms. The second-order valence-corrected chi connectivity index (χ2v) is 9.39. The standard InChI is InChI=1S/C29H27F4N7O2/c1-2-25-26(37-22-13-19(12-20(15-22)29(31,32)33)18-4-3-5-23(41)14-18)7-6-21(36-25)16-35-39-28-34-17-24(30)27(38-28)40-8-10-42-11-9-40/h3-7,12-17,37,41H,2,8-11H2,1H3,(H,34,38,39)/b35-16+. The first-order valence-electron chi connectivity index (χ1n) is 13.1. The van der Waals surface area contributed by atoms with Crippen LogP contribution in [0.4, 0.5) is 40.7 Å². The fourth-order valence-corrected chi connectivity index (χ4v) is 4.41. The van der Waals surface area contributed by atoms with Crippen molar-refractivity contribution in [3.05, 3.63) is 83.6 Å². The summed E-state index contributed by atoms with van der Waals surface area (Å²) in [6.07, 6.45) is -1.57. The Balaban J connectivity index is 1.34. The highest BCUT2D eigenvalue weighted by Gasteiger charge is 2.31. The van der Waals surface area contributed by atoms with E-state index in [0.29, 0.717) is 60.9 Å². The third kappa shape index (κ3) is 6.92. The zero-order chi connectivity index (χ0) is 29.7. The van der Waals surface area contributed by atoms with Crippen molar-refractivity contribution < 1.29 is 27.4 Å². The van der Waals surface area contributed by atoms with Gasteiger partial charge in [-0.3, -0.25) is 0 Å². The number of alkyl halides is 3. The average Bonchev–Trinajstić information content (AvgIpc) is 2.98. The summed E-state index contributed by atoms with van der Waals surface area (Å²) in [5.41, 5.74) is 4.41. The van der Waals surface area contributed by atoms with Crippen LogP contribution in [0.5, 0.6) is 5.75 Å². The first-order chi connectivity index (χ1) is 20.2. The molecule has 0 bridgehead atoms. The van der Waals surface area contributed by atoms with Gasteiger partial charge in [0.15, 0.2) is 11.6 Å². The highest BCUT2D eigenvalue weighted by atomic mass is 19.4. The maximum atomic E-state index is 14.3. The molecule has 0 radical (unpaired) electrons. The molecule has 9 nitrogen and oxygen atoms in total. The lowest BCUT2D eigenvalue weighted by atomic mass is 10.0. The van der Waals surface area contributed by atoms with Gasteiger partial charge < -0.3 is 20.1 Å². The van der Waals surface area contributed by atoms with Gasteiger partial charge in [0, 0.05) is 18.8 Å². The first-order valence-corrected chi connectivity index (χ1v) is 13.1. The topological polar surface area (TPSA) is 108 Å². The molecule has 4 aromatic rings. The lowest BCUT2D eigenvalue weighted by Gasteiger charge is -2.27. The summed E-state index contributed by atoms with van der Waals surface area (Å²) in [5, 5.41) is 17.0. The average molecular weight is 582 g/mol. The lowest BCUT2D eigenvalue weighted by Crippen LogP contribution is -2.37. The van der Waals surface area contributed by atoms with Crippen LogP contribution >= 0.6 is 0 Å². The number of hydrogen-bond acceptors (Lipinski definition) is 9. The number of aromatic nitrogens is 3. The van der Waals surface area contributed by atoms with Crippen molar-refractivity contribution in [1.29, 1.82) is 0 Å². The monoisotopic (exact) mass is 581 g/mol. The molecule has 0 atom stereocenters. The summed E-state index contributed by atoms with van der Waals surface area (Å²) in [4.78, 5) is 14.5. The normalized spacial score (nSPS) is 13.9. The highest BCUT2D eigenvalue weighted by molar-refractivity contribution is 5.79. The molecule has 1 aliphatic heterocycles. The van der Waals surface area contributed by atoms with Gasteiger partial charge in [-0.25, -0.2) is 19.8 Å². The minimum Gasteiger partial charge on any atom is -0.508 e. The van der Waals surface area contributed by atoms with Crippen LogP contribution in [0, 0.1) is 5.82 Å². The van der Waals surface area contributed by atoms with Crippen LogP contribution in [0.15, 0.2) is 65.9 Å². The summed E-state index contributed by atoms with van der Waals surface area (Å²) >= 11 is 0. The van der Waals surface area contributed by atoms with Crippen LogP contribution in [0.3, 0.4) is 0 Å². The van der Waals surface area contributed by atoms with Gasteiger partial charge in [0.05, 0.1) is 48.3 Å². The lowest BCUT2D eigenvalue weighted by molar-refractivity contribution is -0.137. The Morgan fingerprint density at radius 3 is 2.60 bits per heavy atom. The van der Waals surface area contributed by atoms with Crippen LogP contribution in [0.1, 0.15) is 23.9 Å². The van der Waals surface area contributed by atoms with Gasteiger partial charge in [-0.1, -0.05) is 19.1 Å². The SMILES string of the molecule is CCc1nc(/C=N/Nc2ncc(F)c(N3CCOCC3)n2)ccc1Nc1cc(-c2cccc(O)c2)cc(C(F)(F)F)c1. The molecule has 1 aliphatic rings. The fourth-order valence-electron chi connectivity index (χ4n) is 4.41. The second kappa shape index (κ2) is 12.4. The summed E-state index contributed by atoms with van der Waals surface area (Å²) in [6.45, 7) is 3.85. The van der Waals surface area contributed by atoms with E-state index >= 15 is 0 Å². The van der Waals surface area contributed by atoms with E-state index in [4.69, 9.17) is 4.74 Å². The van der Waals surface area contributed by atoms with Crippen molar-refractivity contribution in [3.8, 4) is 16.9 Å². The Hall–Kier alpha value is -4.78. The van der Waals surface area contributed by atoms with Crippen LogP contribution in [0.2, 0.25) is 0 Å². The van der Waals surface area contributed by atoms with Crippen molar-refractivity contribution >= 4 is 29.4 Å². The predicted octanol–water partition coefficient (Wildman–Crippen LogP) is 5.99. The molecule has 0 aliphatic carbocycles. The second-order valence-electron chi connectivity index (χ2n) is 9.39. The van der Waals surface area contributed by atoms with E-state index in [0.717, 1.165) is 18.3 Å². The number of ether oxygens (including phenoxy) is 1. The smallest absolute Gasteiger partial charge is 0.416 e. The van der Waals surface area contributed by atoms with Gasteiger partial charge in [0.25, 0.3) is 0 Å². The van der Waals surface area contributed by atoms with Crippen LogP contribution in [-0.4, -0.2) is 52.6 Å². The molecular weight excluding hydrogens is 554 g/mol. The Kier molecular flexibility index (Phi) is 8.48. The predicted molar refractivity (Wildman–Crippen MR) is 152 cm³/mol. The molecule has 42 heavy (non-hydrogen) atoms. The van der Waals surface area contributed by atoms with E-state index in [1.807, 2.05) is 6.92 Å². The summed E-state index contributed by atoms with van der Waals surface area (Å²) in [6, 6.07) is 13.0. The van der Waals surface area contributed by atoms with Crippen molar-refractivity contribution in [2.45, 2.75) is 19.5 Å². The third-order valence-corrected chi connectivity index (χ3v) is 6.45. The van der Waals surface area contributed by atoms with Crippen molar-refractivity contribution in [1.82, 2.24) is 15.0 Å². The molecule has 2 aromatic heterocycles. The molecule has 1 fully saturated rings. The Labute approximate surface area is 238 Å². The Morgan fingerprint density at radius 2 is 1.86 bits per heavy atom. The Morgan fingerprint density at radius 1 is 1.05 bits per heavy atom. The number of aryl methyl sites for hydroxylation is 1. The van der Waals surface area contributed by atoms with E-state index in [1.54, 1.807) is 35.2 Å². The number of morpholine rings is 1. The zero-order valence-electron chi connectivity index (χ0n) is 22.5. The van der Waals surface area contributed by atoms with Crippen molar-refractivity contribution in [2.75, 3.05) is 41.9 Å². The van der Waals surface area contributed by atoms with Crippen LogP contribution < -0.4 is 15.6 Å². The molecule has 2 aromatic carbocycles. The number of anilines is 4. The molecule has 218 valence electrons. The zero-order valence-corrected chi connectivity index (χ0v) is 22.5. The number of hydrogen-bond donors (Lipinski definition) is 3. The Bertz CT molecular complexity index is 1590. The number of nitrogens with one attached hydrogen (secondary N) is 2. The minimum absolute atomic E-state index is 0.0489. The van der Waals surface area contributed by atoms with Gasteiger partial charge in [-0.05, 0) is 60.0 Å². The highest BCUT2D eigenvalue weighted by Crippen LogP contribution is 2.36. The molecule has 0 unspecified atom stereocenters. The van der Waals surface area contributed by atoms with E-state index in [2.05, 4.69) is 30.8 Å². The van der Waals surface area contributed by atoms with Crippen molar-refractivity contribution in [3.63, 3.8) is 0 Å². The quantitative estimate of drug-likeness (QED) is 0.132. The van der Waals surface area contributed by atoms with E-state index in [1.165, 1.54) is 18.3 Å². The number of phenolic OH excluding ortho intramolecular Hbond substituents is 1. The number of hydrazone groups is 1. The fraction of sp³-hybridized carbons (Fsp3) is 0.241. The third-order valence-electron chi connectivity index (χ3n) is 6.45. The number of halogens is 4. The number of rotatable bonds is 8. The molecule has 0 amide bonds. The van der Waals surface area contributed by atoms with Crippen molar-refractivity contribution in [2.24, 2.45) is 5.10 Å². The number of phenols is 1. The molecular formula is C29H27F4N7O2. The minimum atomic E-state index is -4.57. The van der Waals surface area contributed by atoms with Gasteiger partial charge in [-0.15, -0.1) is 0 Å². The number of pyridine rings is 1. The first kappa shape index (κ1) is 28.7. The molecule has 13 heteroatoms. The van der Waals surface area contributed by atoms with Gasteiger partial charge in [0.2, 0.25) is 5.95 Å². The molecule has 3 heterocycles. The molecule has 1 saturated heterocycles. The van der Waals surface area contributed by atoms with E-state index in [9.17, 15) is 22.7 Å². The van der Waals surface area contributed by atoms with Gasteiger partial charge in [-0.2, -0.15) is 23.3 Å². The molecule has 3 N–H and O–H groups in total. The summed E-state index contributed by atoms with van der Waals surface area (Å²) in [7, 11) is 0. The van der Waals surface area contributed by atoms with E-state index in [-0.39, 0.29) is 23.2 Å². The largest absolute Gasteiger partial charge is 0.508 e. The number of aromatic hydroxyl groups is 1. The summed E-state index contributed by atoms with van der Waals surface area (Å²) in [5.74, 6) is -0.324. The van der Waals surface area contributed by atoms with Crippen LogP contribution in [0.25, 0.3) is 11.1 Å². The van der Waals surface area contributed by atoms with Crippen LogP contribution in [-0.2, 0) is 17.3 Å². The maximum absolute atomic E-state index is 14.3. The van der Waals surface area contributed by atoms with Gasteiger partial charge in [0.1, 0.15) is 5.75 Å². The number of benzene rings is 2. The van der Waals surface area contributed by atoms with Gasteiger partial charge >= 0.3 is 6.18 Å². The maximum Gasteiger partial charge on any atom is 0.416 e. The summed E-state index contributed by atoms with van der Waals surface area (Å²) < 4.78 is 60.7. The molecule has 5 rings (SSSR count). The van der Waals surface area contributed by atoms with E-state index < -0.39 is 17.6 Å². The molecule has 0 saturated carbocycles.